The van der Waals surface area contributed by atoms with Crippen molar-refractivity contribution in [2.75, 3.05) is 0 Å². The Hall–Kier alpha value is -0.246. The summed E-state index contributed by atoms with van der Waals surface area (Å²) in [5.41, 5.74) is 1.61. The van der Waals surface area contributed by atoms with Crippen LogP contribution in [0.1, 0.15) is 11.1 Å². The van der Waals surface area contributed by atoms with Gasteiger partial charge in [0.1, 0.15) is 4.83 Å². The number of aryl methyl sites for hydroxylation is 1. The molecule has 0 fully saturated rings. The van der Waals surface area contributed by atoms with E-state index in [0.29, 0.717) is 5.39 Å². The number of hydrogen-bond donors (Lipinski definition) is 0. The predicted octanol–water partition coefficient (Wildman–Crippen LogP) is 2.14. The van der Waals surface area contributed by atoms with E-state index in [1.165, 1.54) is 11.3 Å². The molecule has 0 aromatic carbocycles. The standard InChI is InChI=1S/C10H8NOS.Y/c1-6-3-8-9(12)7(2)5-13-10(8)11-4-6;/h3-5H,1H2,2H3;/q-1;. The number of fused-ring (bicyclic) bond motifs is 1. The number of hydrogen-bond acceptors (Lipinski definition) is 3. The average molecular weight is 279 g/mol. The Morgan fingerprint density at radius 1 is 1.50 bits per heavy atom. The minimum Gasteiger partial charge on any atom is -0.311 e. The van der Waals surface area contributed by atoms with Crippen LogP contribution in [0.3, 0.4) is 0 Å². The van der Waals surface area contributed by atoms with E-state index >= 15 is 0 Å². The molecule has 69 valence electrons. The molecule has 0 saturated heterocycles. The second kappa shape index (κ2) is 4.52. The van der Waals surface area contributed by atoms with Crippen LogP contribution in [-0.4, -0.2) is 4.98 Å². The Morgan fingerprint density at radius 3 is 2.93 bits per heavy atom. The molecule has 14 heavy (non-hydrogen) atoms. The van der Waals surface area contributed by atoms with Gasteiger partial charge < -0.3 is 4.98 Å². The zero-order chi connectivity index (χ0) is 9.42. The summed E-state index contributed by atoms with van der Waals surface area (Å²) < 4.78 is 0. The molecule has 0 aliphatic heterocycles. The van der Waals surface area contributed by atoms with E-state index in [1.54, 1.807) is 12.3 Å². The van der Waals surface area contributed by atoms with Crippen LogP contribution in [0.15, 0.2) is 22.4 Å². The number of rotatable bonds is 0. The fourth-order valence-corrected chi connectivity index (χ4v) is 1.95. The first kappa shape index (κ1) is 11.8. The monoisotopic (exact) mass is 279 g/mol. The van der Waals surface area contributed by atoms with Crippen molar-refractivity contribution in [1.29, 1.82) is 0 Å². The van der Waals surface area contributed by atoms with E-state index < -0.39 is 0 Å². The minimum absolute atomic E-state index is 0. The molecule has 2 aromatic heterocycles. The van der Waals surface area contributed by atoms with E-state index in [2.05, 4.69) is 11.9 Å². The summed E-state index contributed by atoms with van der Waals surface area (Å²) in [5.74, 6) is 0. The van der Waals surface area contributed by atoms with Crippen molar-refractivity contribution in [3.8, 4) is 0 Å². The van der Waals surface area contributed by atoms with Crippen molar-refractivity contribution >= 4 is 21.6 Å². The second-order valence-corrected chi connectivity index (χ2v) is 3.80. The predicted molar refractivity (Wildman–Crippen MR) is 55.1 cm³/mol. The molecule has 2 heterocycles. The summed E-state index contributed by atoms with van der Waals surface area (Å²) in [6.45, 7) is 5.56. The van der Waals surface area contributed by atoms with Crippen LogP contribution < -0.4 is 5.43 Å². The summed E-state index contributed by atoms with van der Waals surface area (Å²) >= 11 is 1.49. The van der Waals surface area contributed by atoms with Gasteiger partial charge in [-0.25, -0.2) is 0 Å². The van der Waals surface area contributed by atoms with E-state index in [1.807, 2.05) is 12.3 Å². The molecule has 0 bridgehead atoms. The zero-order valence-corrected chi connectivity index (χ0v) is 11.4. The van der Waals surface area contributed by atoms with Crippen LogP contribution >= 0.6 is 11.3 Å². The van der Waals surface area contributed by atoms with E-state index in [4.69, 9.17) is 0 Å². The van der Waals surface area contributed by atoms with Crippen LogP contribution in [0.2, 0.25) is 0 Å². The molecule has 0 saturated carbocycles. The third kappa shape index (κ3) is 2.05. The van der Waals surface area contributed by atoms with Crippen molar-refractivity contribution in [2.24, 2.45) is 0 Å². The van der Waals surface area contributed by atoms with Crippen LogP contribution in [0.5, 0.6) is 0 Å². The molecule has 2 rings (SSSR count). The van der Waals surface area contributed by atoms with E-state index in [9.17, 15) is 4.79 Å². The molecular weight excluding hydrogens is 271 g/mol. The Kier molecular flexibility index (Phi) is 3.81. The average Bonchev–Trinajstić information content (AvgIpc) is 2.12. The summed E-state index contributed by atoms with van der Waals surface area (Å²) in [6, 6.07) is 1.79. The van der Waals surface area contributed by atoms with Gasteiger partial charge in [-0.05, 0) is 12.3 Å². The third-order valence-corrected chi connectivity index (χ3v) is 2.88. The molecule has 2 nitrogen and oxygen atoms in total. The molecule has 1 radical (unpaired) electrons. The Balaban J connectivity index is 0.000000980. The summed E-state index contributed by atoms with van der Waals surface area (Å²) in [4.78, 5) is 16.5. The van der Waals surface area contributed by atoms with E-state index in [0.717, 1.165) is 16.0 Å². The van der Waals surface area contributed by atoms with Crippen LogP contribution in [-0.2, 0) is 32.7 Å². The molecule has 0 N–H and O–H groups in total. The van der Waals surface area contributed by atoms with Crippen molar-refractivity contribution in [3.05, 3.63) is 45.9 Å². The normalized spacial score (nSPS) is 9.79. The van der Waals surface area contributed by atoms with Crippen LogP contribution in [0, 0.1) is 13.8 Å². The molecule has 0 aliphatic carbocycles. The topological polar surface area (TPSA) is 30.0 Å². The third-order valence-electron chi connectivity index (χ3n) is 1.86. The molecule has 4 heteroatoms. The second-order valence-electron chi connectivity index (χ2n) is 2.94. The van der Waals surface area contributed by atoms with Gasteiger partial charge in [0, 0.05) is 43.7 Å². The van der Waals surface area contributed by atoms with Gasteiger partial charge in [0.15, 0.2) is 5.43 Å². The number of aromatic nitrogens is 1. The molecule has 2 aromatic rings. The first-order valence-electron chi connectivity index (χ1n) is 3.88. The molecule has 0 atom stereocenters. The quantitative estimate of drug-likeness (QED) is 0.692. The summed E-state index contributed by atoms with van der Waals surface area (Å²) in [5, 5.41) is 2.51. The van der Waals surface area contributed by atoms with Gasteiger partial charge in [-0.15, -0.1) is 17.4 Å². The number of pyridine rings is 1. The van der Waals surface area contributed by atoms with Crippen molar-refractivity contribution in [2.45, 2.75) is 6.92 Å². The van der Waals surface area contributed by atoms with Gasteiger partial charge in [-0.1, -0.05) is 6.20 Å². The number of nitrogens with zero attached hydrogens (tertiary/aromatic N) is 1. The fourth-order valence-electron chi connectivity index (χ4n) is 1.16. The van der Waals surface area contributed by atoms with Gasteiger partial charge in [-0.3, -0.25) is 4.79 Å². The maximum absolute atomic E-state index is 11.6. The maximum atomic E-state index is 11.6. The molecule has 0 spiro atoms. The molecule has 0 unspecified atom stereocenters. The van der Waals surface area contributed by atoms with Crippen LogP contribution in [0.4, 0.5) is 0 Å². The Morgan fingerprint density at radius 2 is 2.21 bits per heavy atom. The van der Waals surface area contributed by atoms with Crippen molar-refractivity contribution in [3.63, 3.8) is 0 Å². The Labute approximate surface area is 111 Å². The van der Waals surface area contributed by atoms with Crippen molar-refractivity contribution in [1.82, 2.24) is 4.98 Å². The van der Waals surface area contributed by atoms with Gasteiger partial charge in [-0.2, -0.15) is 12.5 Å². The first-order valence-corrected chi connectivity index (χ1v) is 4.76. The van der Waals surface area contributed by atoms with Crippen LogP contribution in [0.25, 0.3) is 10.2 Å². The van der Waals surface area contributed by atoms with E-state index in [-0.39, 0.29) is 38.1 Å². The van der Waals surface area contributed by atoms with Crippen molar-refractivity contribution < 1.29 is 32.7 Å². The minimum atomic E-state index is 0. The first-order chi connectivity index (χ1) is 6.18. The fraction of sp³-hybridized carbons (Fsp3) is 0.100. The summed E-state index contributed by atoms with van der Waals surface area (Å²) in [7, 11) is 0. The Bertz CT molecular complexity index is 516. The molecule has 0 amide bonds. The smallest absolute Gasteiger partial charge is 0.180 e. The zero-order valence-electron chi connectivity index (χ0n) is 7.78. The van der Waals surface area contributed by atoms with Gasteiger partial charge >= 0.3 is 0 Å². The van der Waals surface area contributed by atoms with Gasteiger partial charge in [0.05, 0.1) is 0 Å². The SMILES string of the molecule is [CH2-]c1cnc2scc(C)c(=O)c2c1.[Y]. The maximum Gasteiger partial charge on any atom is 0.180 e. The molecule has 0 aliphatic rings. The summed E-state index contributed by atoms with van der Waals surface area (Å²) in [6.07, 6.45) is 1.67. The van der Waals surface area contributed by atoms with Gasteiger partial charge in [0.2, 0.25) is 0 Å². The van der Waals surface area contributed by atoms with Gasteiger partial charge in [0.25, 0.3) is 0 Å². The largest absolute Gasteiger partial charge is 0.311 e. The molecular formula is C10H8NOSY-.